The average molecular weight is 310 g/mol. The molecular weight excluding hydrogens is 276 g/mol. The molecule has 22 heavy (non-hydrogen) atoms. The number of ether oxygens (including phenoxy) is 1. The molecule has 0 spiro atoms. The molecule has 1 saturated carbocycles. The number of hydrogen-bond donors (Lipinski definition) is 1. The van der Waals surface area contributed by atoms with Crippen LogP contribution in [0.5, 0.6) is 0 Å². The van der Waals surface area contributed by atoms with Crippen molar-refractivity contribution in [2.75, 3.05) is 26.2 Å². The first-order valence-electron chi connectivity index (χ1n) is 8.90. The van der Waals surface area contributed by atoms with Crippen LogP contribution in [0.4, 0.5) is 4.79 Å². The van der Waals surface area contributed by atoms with Crippen molar-refractivity contribution in [2.45, 2.75) is 65.9 Å². The van der Waals surface area contributed by atoms with Gasteiger partial charge in [-0.25, -0.2) is 4.79 Å². The maximum Gasteiger partial charge on any atom is 0.410 e. The fourth-order valence-corrected chi connectivity index (χ4v) is 3.29. The fraction of sp³-hybridized carbons (Fsp3) is 0.944. The summed E-state index contributed by atoms with van der Waals surface area (Å²) >= 11 is 0. The van der Waals surface area contributed by atoms with Gasteiger partial charge in [0.05, 0.1) is 0 Å². The summed E-state index contributed by atoms with van der Waals surface area (Å²) in [5.74, 6) is 1.48. The predicted molar refractivity (Wildman–Crippen MR) is 89.9 cm³/mol. The van der Waals surface area contributed by atoms with Gasteiger partial charge in [-0.15, -0.1) is 0 Å². The van der Waals surface area contributed by atoms with Gasteiger partial charge in [-0.3, -0.25) is 0 Å². The zero-order valence-corrected chi connectivity index (χ0v) is 15.1. The Bertz CT molecular complexity index is 375. The summed E-state index contributed by atoms with van der Waals surface area (Å²) < 4.78 is 5.44. The number of carbonyl (C=O) groups excluding carboxylic acids is 1. The van der Waals surface area contributed by atoms with E-state index in [0.717, 1.165) is 44.9 Å². The van der Waals surface area contributed by atoms with Gasteiger partial charge in [0.15, 0.2) is 0 Å². The molecule has 1 aliphatic heterocycles. The lowest BCUT2D eigenvalue weighted by atomic mass is 9.91. The molecule has 1 amide bonds. The minimum Gasteiger partial charge on any atom is -0.444 e. The molecule has 2 rings (SSSR count). The quantitative estimate of drug-likeness (QED) is 0.842. The third kappa shape index (κ3) is 4.87. The van der Waals surface area contributed by atoms with Gasteiger partial charge in [0.25, 0.3) is 0 Å². The Morgan fingerprint density at radius 2 is 1.86 bits per heavy atom. The fourth-order valence-electron chi connectivity index (χ4n) is 3.29. The number of hydrogen-bond acceptors (Lipinski definition) is 3. The molecule has 1 saturated heterocycles. The molecule has 0 aromatic heterocycles. The standard InChI is InChI=1S/C18H34N2O2/c1-14(2)18(8-9-18)13-19-12-15-6-10-20(11-7-15)16(21)22-17(3,4)5/h14-15,19H,6-13H2,1-5H3. The number of carbonyl (C=O) groups is 1. The van der Waals surface area contributed by atoms with Crippen molar-refractivity contribution in [1.82, 2.24) is 10.2 Å². The predicted octanol–water partition coefficient (Wildman–Crippen LogP) is 3.66. The average Bonchev–Trinajstić information content (AvgIpc) is 3.19. The van der Waals surface area contributed by atoms with Crippen molar-refractivity contribution in [3.8, 4) is 0 Å². The Labute approximate surface area is 136 Å². The normalized spacial score (nSPS) is 22.0. The molecular formula is C18H34N2O2. The SMILES string of the molecule is CC(C)C1(CNCC2CCN(C(=O)OC(C)(C)C)CC2)CC1. The van der Waals surface area contributed by atoms with Gasteiger partial charge in [0, 0.05) is 19.6 Å². The van der Waals surface area contributed by atoms with Crippen molar-refractivity contribution >= 4 is 6.09 Å². The number of nitrogens with zero attached hydrogens (tertiary/aromatic N) is 1. The molecule has 4 nitrogen and oxygen atoms in total. The summed E-state index contributed by atoms with van der Waals surface area (Å²) in [6.07, 6.45) is 4.78. The third-order valence-corrected chi connectivity index (χ3v) is 5.29. The van der Waals surface area contributed by atoms with Gasteiger partial charge in [-0.1, -0.05) is 13.8 Å². The van der Waals surface area contributed by atoms with Gasteiger partial charge in [-0.05, 0) is 70.3 Å². The lowest BCUT2D eigenvalue weighted by Gasteiger charge is -2.34. The van der Waals surface area contributed by atoms with Crippen LogP contribution in [0, 0.1) is 17.3 Å². The number of likely N-dealkylation sites (tertiary alicyclic amines) is 1. The van der Waals surface area contributed by atoms with Crippen LogP contribution in [0.3, 0.4) is 0 Å². The van der Waals surface area contributed by atoms with E-state index in [1.807, 2.05) is 25.7 Å². The lowest BCUT2D eigenvalue weighted by Crippen LogP contribution is -2.43. The van der Waals surface area contributed by atoms with Crippen LogP contribution in [0.25, 0.3) is 0 Å². The van der Waals surface area contributed by atoms with Gasteiger partial charge >= 0.3 is 6.09 Å². The molecule has 0 unspecified atom stereocenters. The molecule has 2 aliphatic rings. The zero-order chi connectivity index (χ0) is 16.4. The topological polar surface area (TPSA) is 41.6 Å². The highest BCUT2D eigenvalue weighted by molar-refractivity contribution is 5.68. The van der Waals surface area contributed by atoms with Gasteiger partial charge in [-0.2, -0.15) is 0 Å². The summed E-state index contributed by atoms with van der Waals surface area (Å²) in [4.78, 5) is 13.9. The van der Waals surface area contributed by atoms with E-state index in [9.17, 15) is 4.79 Å². The molecule has 1 aliphatic carbocycles. The summed E-state index contributed by atoms with van der Waals surface area (Å²) in [5.41, 5.74) is 0.183. The van der Waals surface area contributed by atoms with E-state index in [1.54, 1.807) is 0 Å². The molecule has 0 aromatic carbocycles. The molecule has 0 aromatic rings. The highest BCUT2D eigenvalue weighted by atomic mass is 16.6. The van der Waals surface area contributed by atoms with Gasteiger partial charge in [0.2, 0.25) is 0 Å². The second-order valence-electron chi connectivity index (χ2n) is 8.56. The van der Waals surface area contributed by atoms with E-state index in [-0.39, 0.29) is 6.09 Å². The maximum absolute atomic E-state index is 12.0. The monoisotopic (exact) mass is 310 g/mol. The van der Waals surface area contributed by atoms with Crippen molar-refractivity contribution < 1.29 is 9.53 Å². The first kappa shape index (κ1) is 17.6. The second kappa shape index (κ2) is 6.77. The number of piperidine rings is 1. The van der Waals surface area contributed by atoms with Crippen LogP contribution in [-0.2, 0) is 4.74 Å². The van der Waals surface area contributed by atoms with Crippen molar-refractivity contribution in [1.29, 1.82) is 0 Å². The Kier molecular flexibility index (Phi) is 5.41. The molecule has 1 heterocycles. The number of rotatable bonds is 5. The first-order chi connectivity index (χ1) is 10.2. The number of amides is 1. The molecule has 1 N–H and O–H groups in total. The maximum atomic E-state index is 12.0. The van der Waals surface area contributed by atoms with E-state index in [2.05, 4.69) is 19.2 Å². The van der Waals surface area contributed by atoms with Gasteiger partial charge < -0.3 is 15.0 Å². The van der Waals surface area contributed by atoms with E-state index in [4.69, 9.17) is 4.74 Å². The summed E-state index contributed by atoms with van der Waals surface area (Å²) in [7, 11) is 0. The third-order valence-electron chi connectivity index (χ3n) is 5.29. The summed E-state index contributed by atoms with van der Waals surface area (Å²) in [6, 6.07) is 0. The summed E-state index contributed by atoms with van der Waals surface area (Å²) in [6.45, 7) is 14.4. The van der Waals surface area contributed by atoms with E-state index >= 15 is 0 Å². The molecule has 0 bridgehead atoms. The van der Waals surface area contributed by atoms with Crippen molar-refractivity contribution in [2.24, 2.45) is 17.3 Å². The van der Waals surface area contributed by atoms with E-state index < -0.39 is 5.60 Å². The molecule has 2 fully saturated rings. The Morgan fingerprint density at radius 3 is 2.32 bits per heavy atom. The van der Waals surface area contributed by atoms with E-state index in [0.29, 0.717) is 11.3 Å². The Morgan fingerprint density at radius 1 is 1.27 bits per heavy atom. The van der Waals surface area contributed by atoms with Crippen LogP contribution in [0.1, 0.15) is 60.3 Å². The number of nitrogens with one attached hydrogen (secondary N) is 1. The van der Waals surface area contributed by atoms with Crippen LogP contribution < -0.4 is 5.32 Å². The lowest BCUT2D eigenvalue weighted by molar-refractivity contribution is 0.0183. The smallest absolute Gasteiger partial charge is 0.410 e. The minimum absolute atomic E-state index is 0.157. The van der Waals surface area contributed by atoms with Crippen molar-refractivity contribution in [3.05, 3.63) is 0 Å². The molecule has 0 atom stereocenters. The Hall–Kier alpha value is -0.770. The molecule has 128 valence electrons. The molecule has 4 heteroatoms. The summed E-state index contributed by atoms with van der Waals surface area (Å²) in [5, 5.41) is 3.69. The van der Waals surface area contributed by atoms with Gasteiger partial charge in [0.1, 0.15) is 5.60 Å². The van der Waals surface area contributed by atoms with Crippen LogP contribution in [0.2, 0.25) is 0 Å². The van der Waals surface area contributed by atoms with E-state index in [1.165, 1.54) is 12.8 Å². The van der Waals surface area contributed by atoms with Crippen LogP contribution in [0.15, 0.2) is 0 Å². The van der Waals surface area contributed by atoms with Crippen molar-refractivity contribution in [3.63, 3.8) is 0 Å². The van der Waals surface area contributed by atoms with Crippen LogP contribution in [-0.4, -0.2) is 42.8 Å². The Balaban J connectivity index is 1.64. The second-order valence-corrected chi connectivity index (χ2v) is 8.56. The minimum atomic E-state index is -0.398. The zero-order valence-electron chi connectivity index (χ0n) is 15.1. The first-order valence-corrected chi connectivity index (χ1v) is 8.90. The van der Waals surface area contributed by atoms with Crippen LogP contribution >= 0.6 is 0 Å². The highest BCUT2D eigenvalue weighted by Gasteiger charge is 2.44. The highest BCUT2D eigenvalue weighted by Crippen LogP contribution is 2.51. The molecule has 0 radical (unpaired) electrons. The largest absolute Gasteiger partial charge is 0.444 e.